The normalized spacial score (nSPS) is 10.2. The van der Waals surface area contributed by atoms with Gasteiger partial charge in [-0.15, -0.1) is 11.3 Å². The van der Waals surface area contributed by atoms with Gasteiger partial charge < -0.3 is 14.8 Å². The smallest absolute Gasteiger partial charge is 0.307 e. The topological polar surface area (TPSA) is 64.6 Å². The van der Waals surface area contributed by atoms with Gasteiger partial charge in [0.1, 0.15) is 0 Å². The summed E-state index contributed by atoms with van der Waals surface area (Å²) < 4.78 is 9.91. The highest BCUT2D eigenvalue weighted by Crippen LogP contribution is 2.07. The van der Waals surface area contributed by atoms with Crippen LogP contribution in [0.5, 0.6) is 0 Å². The Kier molecular flexibility index (Phi) is 7.84. The predicted octanol–water partition coefficient (Wildman–Crippen LogP) is 1.84. The number of rotatable bonds is 9. The summed E-state index contributed by atoms with van der Waals surface area (Å²) in [5, 5.41) is 4.51. The lowest BCUT2D eigenvalue weighted by Crippen LogP contribution is -2.25. The number of nitrogens with one attached hydrogen (secondary N) is 1. The molecular formula is C13H19NO4S. The van der Waals surface area contributed by atoms with E-state index in [0.29, 0.717) is 24.6 Å². The highest BCUT2D eigenvalue weighted by atomic mass is 32.1. The van der Waals surface area contributed by atoms with Crippen molar-refractivity contribution < 1.29 is 19.1 Å². The van der Waals surface area contributed by atoms with Crippen LogP contribution in [-0.2, 0) is 14.3 Å². The van der Waals surface area contributed by atoms with Crippen molar-refractivity contribution in [1.82, 2.24) is 5.32 Å². The van der Waals surface area contributed by atoms with Gasteiger partial charge in [0.05, 0.1) is 17.9 Å². The van der Waals surface area contributed by atoms with Gasteiger partial charge in [0, 0.05) is 20.3 Å². The Bertz CT molecular complexity index is 378. The summed E-state index contributed by atoms with van der Waals surface area (Å²) in [4.78, 5) is 23.5. The van der Waals surface area contributed by atoms with Gasteiger partial charge in [0.2, 0.25) is 0 Å². The Morgan fingerprint density at radius 3 is 2.79 bits per heavy atom. The van der Waals surface area contributed by atoms with Crippen molar-refractivity contribution in [3.8, 4) is 0 Å². The minimum atomic E-state index is -0.288. The first kappa shape index (κ1) is 15.7. The van der Waals surface area contributed by atoms with Crippen LogP contribution in [0.1, 0.15) is 28.9 Å². The minimum Gasteiger partial charge on any atom is -0.466 e. The van der Waals surface area contributed by atoms with Gasteiger partial charge in [-0.3, -0.25) is 9.59 Å². The highest BCUT2D eigenvalue weighted by molar-refractivity contribution is 7.12. The molecular weight excluding hydrogens is 266 g/mol. The molecule has 0 aliphatic heterocycles. The average Bonchev–Trinajstić information content (AvgIpc) is 2.92. The van der Waals surface area contributed by atoms with Crippen molar-refractivity contribution in [3.63, 3.8) is 0 Å². The van der Waals surface area contributed by atoms with Crippen molar-refractivity contribution in [2.45, 2.75) is 19.3 Å². The summed E-state index contributed by atoms with van der Waals surface area (Å²) in [6.45, 7) is 1.38. The van der Waals surface area contributed by atoms with E-state index in [4.69, 9.17) is 9.47 Å². The lowest BCUT2D eigenvalue weighted by Gasteiger charge is -2.05. The highest BCUT2D eigenvalue weighted by Gasteiger charge is 2.07. The SMILES string of the molecule is COCCCCOC(=O)CCNC(=O)c1cccs1. The maximum Gasteiger partial charge on any atom is 0.307 e. The number of esters is 1. The Morgan fingerprint density at radius 1 is 1.32 bits per heavy atom. The first-order valence-electron chi connectivity index (χ1n) is 6.20. The largest absolute Gasteiger partial charge is 0.466 e. The molecule has 0 spiro atoms. The van der Waals surface area contributed by atoms with Gasteiger partial charge in [0.15, 0.2) is 0 Å². The Balaban J connectivity index is 2.02. The van der Waals surface area contributed by atoms with Crippen molar-refractivity contribution in [2.75, 3.05) is 26.9 Å². The third kappa shape index (κ3) is 6.93. The third-order valence-corrected chi connectivity index (χ3v) is 3.23. The molecule has 1 heterocycles. The molecule has 106 valence electrons. The van der Waals surface area contributed by atoms with Gasteiger partial charge in [-0.25, -0.2) is 0 Å². The third-order valence-electron chi connectivity index (χ3n) is 2.37. The van der Waals surface area contributed by atoms with E-state index in [1.54, 1.807) is 13.2 Å². The molecule has 1 aromatic heterocycles. The van der Waals surface area contributed by atoms with Gasteiger partial charge in [-0.05, 0) is 24.3 Å². The van der Waals surface area contributed by atoms with E-state index in [-0.39, 0.29) is 18.3 Å². The van der Waals surface area contributed by atoms with Crippen molar-refractivity contribution in [2.24, 2.45) is 0 Å². The average molecular weight is 285 g/mol. The molecule has 0 aliphatic rings. The van der Waals surface area contributed by atoms with Gasteiger partial charge in [0.25, 0.3) is 5.91 Å². The zero-order valence-corrected chi connectivity index (χ0v) is 11.8. The number of ether oxygens (including phenoxy) is 2. The fourth-order valence-corrected chi connectivity index (χ4v) is 2.02. The Hall–Kier alpha value is -1.40. The second kappa shape index (κ2) is 9.52. The molecule has 0 radical (unpaired) electrons. The maximum atomic E-state index is 11.6. The lowest BCUT2D eigenvalue weighted by atomic mass is 10.3. The molecule has 0 aliphatic carbocycles. The van der Waals surface area contributed by atoms with E-state index in [1.807, 2.05) is 11.4 Å². The van der Waals surface area contributed by atoms with Crippen LogP contribution in [0.15, 0.2) is 17.5 Å². The van der Waals surface area contributed by atoms with Gasteiger partial charge in [-0.1, -0.05) is 6.07 Å². The molecule has 1 N–H and O–H groups in total. The summed E-state index contributed by atoms with van der Waals surface area (Å²) >= 11 is 1.37. The van der Waals surface area contributed by atoms with Crippen molar-refractivity contribution >= 4 is 23.2 Å². The van der Waals surface area contributed by atoms with E-state index in [1.165, 1.54) is 11.3 Å². The molecule has 0 bridgehead atoms. The zero-order chi connectivity index (χ0) is 13.9. The molecule has 0 atom stereocenters. The van der Waals surface area contributed by atoms with Crippen LogP contribution in [0.2, 0.25) is 0 Å². The monoisotopic (exact) mass is 285 g/mol. The molecule has 6 heteroatoms. The summed E-state index contributed by atoms with van der Waals surface area (Å²) in [5.74, 6) is -0.438. The fraction of sp³-hybridized carbons (Fsp3) is 0.538. The predicted molar refractivity (Wildman–Crippen MR) is 73.3 cm³/mol. The molecule has 1 aromatic rings. The second-order valence-corrected chi connectivity index (χ2v) is 4.85. The van der Waals surface area contributed by atoms with Crippen molar-refractivity contribution in [1.29, 1.82) is 0 Å². The van der Waals surface area contributed by atoms with E-state index in [2.05, 4.69) is 5.32 Å². The van der Waals surface area contributed by atoms with Crippen LogP contribution < -0.4 is 5.32 Å². The van der Waals surface area contributed by atoms with Gasteiger partial charge >= 0.3 is 5.97 Å². The second-order valence-electron chi connectivity index (χ2n) is 3.90. The number of unbranched alkanes of at least 4 members (excludes halogenated alkanes) is 1. The Morgan fingerprint density at radius 2 is 2.11 bits per heavy atom. The summed E-state index contributed by atoms with van der Waals surface area (Å²) in [7, 11) is 1.64. The first-order chi connectivity index (χ1) is 9.24. The molecule has 1 rings (SSSR count). The van der Waals surface area contributed by atoms with Crippen LogP contribution in [0.4, 0.5) is 0 Å². The van der Waals surface area contributed by atoms with E-state index in [0.717, 1.165) is 12.8 Å². The summed E-state index contributed by atoms with van der Waals surface area (Å²) in [6, 6.07) is 3.56. The van der Waals surface area contributed by atoms with E-state index < -0.39 is 0 Å². The summed E-state index contributed by atoms with van der Waals surface area (Å²) in [5.41, 5.74) is 0. The number of hydrogen-bond donors (Lipinski definition) is 1. The molecule has 0 aromatic carbocycles. The molecule has 1 amide bonds. The number of thiophene rings is 1. The van der Waals surface area contributed by atoms with Gasteiger partial charge in [-0.2, -0.15) is 0 Å². The molecule has 0 saturated heterocycles. The minimum absolute atomic E-state index is 0.150. The lowest BCUT2D eigenvalue weighted by molar-refractivity contribution is -0.143. The summed E-state index contributed by atoms with van der Waals surface area (Å²) in [6.07, 6.45) is 1.86. The molecule has 0 unspecified atom stereocenters. The zero-order valence-electron chi connectivity index (χ0n) is 11.0. The Labute approximate surface area is 116 Å². The standard InChI is InChI=1S/C13H19NO4S/c1-17-8-2-3-9-18-12(15)6-7-14-13(16)11-5-4-10-19-11/h4-5,10H,2-3,6-9H2,1H3,(H,14,16). The van der Waals surface area contributed by atoms with Crippen LogP contribution in [0.3, 0.4) is 0 Å². The molecule has 19 heavy (non-hydrogen) atoms. The van der Waals surface area contributed by atoms with E-state index >= 15 is 0 Å². The number of carbonyl (C=O) groups is 2. The van der Waals surface area contributed by atoms with Crippen molar-refractivity contribution in [3.05, 3.63) is 22.4 Å². The number of hydrogen-bond acceptors (Lipinski definition) is 5. The number of amides is 1. The fourth-order valence-electron chi connectivity index (χ4n) is 1.38. The maximum absolute atomic E-state index is 11.6. The molecule has 5 nitrogen and oxygen atoms in total. The van der Waals surface area contributed by atoms with Crippen LogP contribution in [0, 0.1) is 0 Å². The van der Waals surface area contributed by atoms with E-state index in [9.17, 15) is 9.59 Å². The number of carbonyl (C=O) groups excluding carboxylic acids is 2. The van der Waals surface area contributed by atoms with Crippen LogP contribution in [-0.4, -0.2) is 38.7 Å². The molecule has 0 fully saturated rings. The van der Waals surface area contributed by atoms with Crippen LogP contribution in [0.25, 0.3) is 0 Å². The quantitative estimate of drug-likeness (QED) is 0.555. The molecule has 0 saturated carbocycles. The van der Waals surface area contributed by atoms with Crippen LogP contribution >= 0.6 is 11.3 Å². The number of methoxy groups -OCH3 is 1. The first-order valence-corrected chi connectivity index (χ1v) is 7.08.